The SMILES string of the molecule is CNC(=O)c1ccc(Nc2ncc(F)c(C3CCN(C(=O)c4ccc(OC(F)(F)F)cc4)CC3)n2)cc1. The molecule has 1 aliphatic rings. The number of halogens is 4. The van der Waals surface area contributed by atoms with Crippen LogP contribution >= 0.6 is 0 Å². The molecule has 1 saturated heterocycles. The maximum Gasteiger partial charge on any atom is 0.573 e. The fraction of sp³-hybridized carbons (Fsp3) is 0.280. The number of hydrogen-bond acceptors (Lipinski definition) is 6. The lowest BCUT2D eigenvalue weighted by Gasteiger charge is -2.32. The Morgan fingerprint density at radius 1 is 1.00 bits per heavy atom. The second kappa shape index (κ2) is 10.8. The van der Waals surface area contributed by atoms with E-state index in [1.54, 1.807) is 29.2 Å². The highest BCUT2D eigenvalue weighted by Crippen LogP contribution is 2.30. The lowest BCUT2D eigenvalue weighted by atomic mass is 9.92. The Labute approximate surface area is 209 Å². The zero-order valence-corrected chi connectivity index (χ0v) is 19.7. The number of piperidine rings is 1. The lowest BCUT2D eigenvalue weighted by molar-refractivity contribution is -0.274. The van der Waals surface area contributed by atoms with Crippen molar-refractivity contribution >= 4 is 23.5 Å². The largest absolute Gasteiger partial charge is 0.573 e. The summed E-state index contributed by atoms with van der Waals surface area (Å²) in [7, 11) is 1.54. The number of aromatic nitrogens is 2. The van der Waals surface area contributed by atoms with Crippen molar-refractivity contribution in [2.24, 2.45) is 0 Å². The molecular weight excluding hydrogens is 494 g/mol. The Bertz CT molecular complexity index is 1260. The molecule has 0 bridgehead atoms. The molecule has 8 nitrogen and oxygen atoms in total. The van der Waals surface area contributed by atoms with Crippen molar-refractivity contribution in [3.8, 4) is 5.75 Å². The van der Waals surface area contributed by atoms with E-state index in [-0.39, 0.29) is 34.9 Å². The molecule has 194 valence electrons. The highest BCUT2D eigenvalue weighted by molar-refractivity contribution is 5.94. The Kier molecular flexibility index (Phi) is 7.55. The number of rotatable bonds is 6. The average Bonchev–Trinajstić information content (AvgIpc) is 2.89. The molecule has 0 atom stereocenters. The highest BCUT2D eigenvalue weighted by Gasteiger charge is 2.31. The zero-order chi connectivity index (χ0) is 26.6. The molecule has 3 aromatic rings. The highest BCUT2D eigenvalue weighted by atomic mass is 19.4. The Balaban J connectivity index is 1.37. The molecule has 37 heavy (non-hydrogen) atoms. The van der Waals surface area contributed by atoms with Crippen LogP contribution in [-0.4, -0.2) is 53.2 Å². The summed E-state index contributed by atoms with van der Waals surface area (Å²) in [6.07, 6.45) is -2.81. The number of alkyl halides is 3. The minimum atomic E-state index is -4.81. The van der Waals surface area contributed by atoms with E-state index in [4.69, 9.17) is 0 Å². The van der Waals surface area contributed by atoms with E-state index in [0.29, 0.717) is 37.2 Å². The first kappa shape index (κ1) is 25.9. The van der Waals surface area contributed by atoms with Crippen LogP contribution in [0.25, 0.3) is 0 Å². The van der Waals surface area contributed by atoms with Crippen LogP contribution < -0.4 is 15.4 Å². The summed E-state index contributed by atoms with van der Waals surface area (Å²) < 4.78 is 55.4. The van der Waals surface area contributed by atoms with Crippen LogP contribution in [0, 0.1) is 5.82 Å². The quantitative estimate of drug-likeness (QED) is 0.463. The number of nitrogens with one attached hydrogen (secondary N) is 2. The van der Waals surface area contributed by atoms with Crippen molar-refractivity contribution in [3.63, 3.8) is 0 Å². The fourth-order valence-electron chi connectivity index (χ4n) is 4.04. The molecule has 4 rings (SSSR count). The number of likely N-dealkylation sites (tertiary alicyclic amines) is 1. The van der Waals surface area contributed by atoms with Crippen molar-refractivity contribution in [1.82, 2.24) is 20.2 Å². The second-order valence-electron chi connectivity index (χ2n) is 8.35. The second-order valence-corrected chi connectivity index (χ2v) is 8.35. The topological polar surface area (TPSA) is 96.5 Å². The molecule has 0 unspecified atom stereocenters. The van der Waals surface area contributed by atoms with Gasteiger partial charge in [0, 0.05) is 42.9 Å². The van der Waals surface area contributed by atoms with Gasteiger partial charge in [-0.3, -0.25) is 9.59 Å². The summed E-state index contributed by atoms with van der Waals surface area (Å²) in [5.41, 5.74) is 1.58. The molecule has 0 saturated carbocycles. The molecule has 2 N–H and O–H groups in total. The molecule has 0 spiro atoms. The average molecular weight is 517 g/mol. The number of anilines is 2. The first-order valence-electron chi connectivity index (χ1n) is 11.4. The van der Waals surface area contributed by atoms with Crippen LogP contribution in [0.3, 0.4) is 0 Å². The first-order chi connectivity index (χ1) is 17.6. The predicted molar refractivity (Wildman–Crippen MR) is 126 cm³/mol. The van der Waals surface area contributed by atoms with Gasteiger partial charge in [0.05, 0.1) is 11.9 Å². The molecule has 1 aliphatic heterocycles. The summed E-state index contributed by atoms with van der Waals surface area (Å²) in [5, 5.41) is 5.53. The van der Waals surface area contributed by atoms with Gasteiger partial charge in [0.25, 0.3) is 11.8 Å². The molecule has 2 aromatic carbocycles. The van der Waals surface area contributed by atoms with E-state index in [1.165, 1.54) is 19.2 Å². The van der Waals surface area contributed by atoms with Crippen molar-refractivity contribution in [2.75, 3.05) is 25.5 Å². The van der Waals surface area contributed by atoms with Crippen LogP contribution in [0.1, 0.15) is 45.2 Å². The maximum absolute atomic E-state index is 14.6. The van der Waals surface area contributed by atoms with Crippen LogP contribution in [0.15, 0.2) is 54.7 Å². The Morgan fingerprint density at radius 3 is 2.22 bits per heavy atom. The van der Waals surface area contributed by atoms with E-state index in [0.717, 1.165) is 18.3 Å². The molecule has 2 amide bonds. The van der Waals surface area contributed by atoms with Crippen LogP contribution in [0.2, 0.25) is 0 Å². The number of ether oxygens (including phenoxy) is 1. The van der Waals surface area contributed by atoms with Gasteiger partial charge in [0.2, 0.25) is 5.95 Å². The molecule has 1 fully saturated rings. The van der Waals surface area contributed by atoms with Crippen molar-refractivity contribution in [3.05, 3.63) is 77.4 Å². The number of nitrogens with zero attached hydrogens (tertiary/aromatic N) is 3. The molecule has 2 heterocycles. The molecule has 1 aromatic heterocycles. The third kappa shape index (κ3) is 6.51. The predicted octanol–water partition coefficient (Wildman–Crippen LogP) is 4.64. The minimum Gasteiger partial charge on any atom is -0.406 e. The van der Waals surface area contributed by atoms with Gasteiger partial charge in [-0.1, -0.05) is 0 Å². The van der Waals surface area contributed by atoms with E-state index >= 15 is 0 Å². The Hall–Kier alpha value is -4.22. The minimum absolute atomic E-state index is 0.198. The third-order valence-corrected chi connectivity index (χ3v) is 5.91. The number of carbonyl (C=O) groups excluding carboxylic acids is 2. The van der Waals surface area contributed by atoms with Crippen molar-refractivity contribution < 1.29 is 31.9 Å². The van der Waals surface area contributed by atoms with E-state index in [1.807, 2.05) is 0 Å². The van der Waals surface area contributed by atoms with Gasteiger partial charge in [0.15, 0.2) is 5.82 Å². The van der Waals surface area contributed by atoms with E-state index in [9.17, 15) is 27.2 Å². The van der Waals surface area contributed by atoms with Gasteiger partial charge in [-0.15, -0.1) is 13.2 Å². The van der Waals surface area contributed by atoms with Crippen LogP contribution in [0.5, 0.6) is 5.75 Å². The van der Waals surface area contributed by atoms with E-state index in [2.05, 4.69) is 25.3 Å². The van der Waals surface area contributed by atoms with Gasteiger partial charge >= 0.3 is 6.36 Å². The van der Waals surface area contributed by atoms with Crippen molar-refractivity contribution in [1.29, 1.82) is 0 Å². The number of amides is 2. The molecule has 12 heteroatoms. The summed E-state index contributed by atoms with van der Waals surface area (Å²) in [4.78, 5) is 34.4. The summed E-state index contributed by atoms with van der Waals surface area (Å²) in [6.45, 7) is 0.662. The smallest absolute Gasteiger partial charge is 0.406 e. The van der Waals surface area contributed by atoms with E-state index < -0.39 is 17.9 Å². The Morgan fingerprint density at radius 2 is 1.62 bits per heavy atom. The standard InChI is InChI=1S/C25H23F4N5O3/c1-30-22(35)16-2-6-18(7-3-16)32-24-31-14-20(26)21(33-24)15-10-12-34(13-11-15)23(36)17-4-8-19(9-5-17)37-25(27,28)29/h2-9,14-15H,10-13H2,1H3,(H,30,35)(H,31,32,33). The maximum atomic E-state index is 14.6. The van der Waals surface area contributed by atoms with Gasteiger partial charge in [-0.05, 0) is 61.4 Å². The van der Waals surface area contributed by atoms with Gasteiger partial charge in [-0.25, -0.2) is 14.4 Å². The van der Waals surface area contributed by atoms with Crippen LogP contribution in [0.4, 0.5) is 29.2 Å². The third-order valence-electron chi connectivity index (χ3n) is 5.91. The van der Waals surface area contributed by atoms with Crippen molar-refractivity contribution in [2.45, 2.75) is 25.1 Å². The number of benzene rings is 2. The summed E-state index contributed by atoms with van der Waals surface area (Å²) >= 11 is 0. The van der Waals surface area contributed by atoms with Gasteiger partial charge in [-0.2, -0.15) is 0 Å². The molecule has 0 radical (unpaired) electrons. The normalized spacial score (nSPS) is 14.2. The first-order valence-corrected chi connectivity index (χ1v) is 11.4. The molecular formula is C25H23F4N5O3. The molecule has 0 aliphatic carbocycles. The summed E-state index contributed by atoms with van der Waals surface area (Å²) in [5.74, 6) is -1.55. The number of hydrogen-bond donors (Lipinski definition) is 2. The van der Waals surface area contributed by atoms with Gasteiger partial charge < -0.3 is 20.3 Å². The number of carbonyl (C=O) groups is 2. The van der Waals surface area contributed by atoms with Gasteiger partial charge in [0.1, 0.15) is 5.75 Å². The monoisotopic (exact) mass is 517 g/mol. The lowest BCUT2D eigenvalue weighted by Crippen LogP contribution is -2.38. The zero-order valence-electron chi connectivity index (χ0n) is 19.7. The fourth-order valence-corrected chi connectivity index (χ4v) is 4.04. The van der Waals surface area contributed by atoms with Crippen LogP contribution in [-0.2, 0) is 0 Å². The summed E-state index contributed by atoms with van der Waals surface area (Å²) in [6, 6.07) is 11.4.